The summed E-state index contributed by atoms with van der Waals surface area (Å²) in [4.78, 5) is 2.53. The first kappa shape index (κ1) is 16.8. The number of nitrogens with zero attached hydrogens (tertiary/aromatic N) is 1. The summed E-state index contributed by atoms with van der Waals surface area (Å²) in [5.41, 5.74) is 3.24. The first-order valence-electron chi connectivity index (χ1n) is 8.20. The maximum absolute atomic E-state index is 3.73. The van der Waals surface area contributed by atoms with E-state index in [0.717, 1.165) is 6.54 Å². The molecular weight excluding hydrogens is 324 g/mol. The van der Waals surface area contributed by atoms with Crippen LogP contribution in [0.5, 0.6) is 0 Å². The summed E-state index contributed by atoms with van der Waals surface area (Å²) in [7, 11) is 0. The minimum absolute atomic E-state index is 0.519. The number of nitrogens with one attached hydrogen (secondary N) is 1. The Morgan fingerprint density at radius 1 is 1.29 bits per heavy atom. The summed E-state index contributed by atoms with van der Waals surface area (Å²) < 4.78 is 1.22. The second-order valence-corrected chi connectivity index (χ2v) is 7.82. The molecule has 1 aliphatic rings. The van der Waals surface area contributed by atoms with E-state index >= 15 is 0 Å². The largest absolute Gasteiger partial charge is 0.371 e. The third-order valence-electron chi connectivity index (χ3n) is 4.93. The summed E-state index contributed by atoms with van der Waals surface area (Å²) >= 11 is 3.73. The van der Waals surface area contributed by atoms with E-state index in [0.29, 0.717) is 11.5 Å². The molecule has 1 saturated heterocycles. The molecule has 0 bridgehead atoms. The highest BCUT2D eigenvalue weighted by molar-refractivity contribution is 9.10. The van der Waals surface area contributed by atoms with Crippen molar-refractivity contribution in [2.24, 2.45) is 5.41 Å². The second kappa shape index (κ2) is 7.15. The number of halogens is 1. The first-order valence-corrected chi connectivity index (χ1v) is 8.99. The maximum atomic E-state index is 3.73. The quantitative estimate of drug-likeness (QED) is 0.805. The Hall–Kier alpha value is -0.540. The third kappa shape index (κ3) is 4.46. The molecule has 3 heteroatoms. The second-order valence-electron chi connectivity index (χ2n) is 6.96. The fourth-order valence-corrected chi connectivity index (χ4v) is 3.36. The lowest BCUT2D eigenvalue weighted by Crippen LogP contribution is -2.38. The topological polar surface area (TPSA) is 15.3 Å². The van der Waals surface area contributed by atoms with Crippen molar-refractivity contribution in [2.45, 2.75) is 59.5 Å². The van der Waals surface area contributed by atoms with Crippen LogP contribution in [-0.2, 0) is 6.54 Å². The standard InChI is InChI=1S/C18H29BrN2/c1-5-18(4)8-10-21(11-9-18)16-7-6-15(17(19)12-16)13-20-14(2)3/h6-7,12,14,20H,5,8-11,13H2,1-4H3. The van der Waals surface area contributed by atoms with Gasteiger partial charge in [0.15, 0.2) is 0 Å². The van der Waals surface area contributed by atoms with Crippen molar-refractivity contribution in [3.05, 3.63) is 28.2 Å². The molecular formula is C18H29BrN2. The van der Waals surface area contributed by atoms with Gasteiger partial charge < -0.3 is 10.2 Å². The normalized spacial score (nSPS) is 18.3. The highest BCUT2D eigenvalue weighted by Crippen LogP contribution is 2.36. The van der Waals surface area contributed by atoms with Gasteiger partial charge in [0, 0.05) is 35.8 Å². The van der Waals surface area contributed by atoms with E-state index in [-0.39, 0.29) is 0 Å². The Kier molecular flexibility index (Phi) is 5.73. The van der Waals surface area contributed by atoms with E-state index in [1.807, 2.05) is 0 Å². The van der Waals surface area contributed by atoms with Crippen LogP contribution in [0.1, 0.15) is 52.5 Å². The van der Waals surface area contributed by atoms with Crippen LogP contribution in [0.4, 0.5) is 5.69 Å². The zero-order chi connectivity index (χ0) is 15.5. The number of hydrogen-bond acceptors (Lipinski definition) is 2. The lowest BCUT2D eigenvalue weighted by molar-refractivity contribution is 0.238. The third-order valence-corrected chi connectivity index (χ3v) is 5.66. The molecule has 0 spiro atoms. The Labute approximate surface area is 138 Å². The molecule has 1 aromatic carbocycles. The maximum Gasteiger partial charge on any atom is 0.0377 e. The van der Waals surface area contributed by atoms with Crippen LogP contribution in [0.15, 0.2) is 22.7 Å². The number of hydrogen-bond donors (Lipinski definition) is 1. The molecule has 118 valence electrons. The van der Waals surface area contributed by atoms with Gasteiger partial charge in [0.05, 0.1) is 0 Å². The van der Waals surface area contributed by atoms with E-state index < -0.39 is 0 Å². The van der Waals surface area contributed by atoms with Crippen LogP contribution in [0, 0.1) is 5.41 Å². The smallest absolute Gasteiger partial charge is 0.0377 e. The molecule has 1 heterocycles. The van der Waals surface area contributed by atoms with Crippen LogP contribution in [0.3, 0.4) is 0 Å². The lowest BCUT2D eigenvalue weighted by Gasteiger charge is -2.40. The molecule has 21 heavy (non-hydrogen) atoms. The van der Waals surface area contributed by atoms with Crippen molar-refractivity contribution in [2.75, 3.05) is 18.0 Å². The highest BCUT2D eigenvalue weighted by atomic mass is 79.9. The molecule has 0 aromatic heterocycles. The van der Waals surface area contributed by atoms with Gasteiger partial charge in [-0.1, -0.05) is 56.1 Å². The Balaban J connectivity index is 2.00. The van der Waals surface area contributed by atoms with Gasteiger partial charge in [-0.25, -0.2) is 0 Å². The van der Waals surface area contributed by atoms with E-state index in [4.69, 9.17) is 0 Å². The molecule has 1 fully saturated rings. The molecule has 2 nitrogen and oxygen atoms in total. The number of piperidine rings is 1. The molecule has 0 aliphatic carbocycles. The molecule has 0 saturated carbocycles. The molecule has 0 amide bonds. The SMILES string of the molecule is CCC1(C)CCN(c2ccc(CNC(C)C)c(Br)c2)CC1. The van der Waals surface area contributed by atoms with E-state index in [1.54, 1.807) is 0 Å². The Morgan fingerprint density at radius 2 is 1.95 bits per heavy atom. The molecule has 1 aliphatic heterocycles. The number of anilines is 1. The average molecular weight is 353 g/mol. The zero-order valence-electron chi connectivity index (χ0n) is 13.9. The lowest BCUT2D eigenvalue weighted by atomic mass is 9.78. The predicted molar refractivity (Wildman–Crippen MR) is 96.0 cm³/mol. The fourth-order valence-electron chi connectivity index (χ4n) is 2.85. The van der Waals surface area contributed by atoms with Crippen LogP contribution < -0.4 is 10.2 Å². The van der Waals surface area contributed by atoms with E-state index in [1.165, 1.54) is 48.1 Å². The fraction of sp³-hybridized carbons (Fsp3) is 0.667. The number of rotatable bonds is 5. The minimum atomic E-state index is 0.519. The van der Waals surface area contributed by atoms with Gasteiger partial charge in [-0.2, -0.15) is 0 Å². The minimum Gasteiger partial charge on any atom is -0.371 e. The van der Waals surface area contributed by atoms with Crippen molar-refractivity contribution in [3.63, 3.8) is 0 Å². The molecule has 0 atom stereocenters. The first-order chi connectivity index (χ1) is 9.93. The summed E-state index contributed by atoms with van der Waals surface area (Å²) in [6, 6.07) is 7.33. The zero-order valence-corrected chi connectivity index (χ0v) is 15.5. The van der Waals surface area contributed by atoms with Crippen LogP contribution >= 0.6 is 15.9 Å². The molecule has 2 rings (SSSR count). The highest BCUT2D eigenvalue weighted by Gasteiger charge is 2.28. The monoisotopic (exact) mass is 352 g/mol. The molecule has 0 unspecified atom stereocenters. The molecule has 1 N–H and O–H groups in total. The van der Waals surface area contributed by atoms with Crippen molar-refractivity contribution in [1.29, 1.82) is 0 Å². The van der Waals surface area contributed by atoms with Gasteiger partial charge in [-0.3, -0.25) is 0 Å². The van der Waals surface area contributed by atoms with E-state index in [9.17, 15) is 0 Å². The summed E-state index contributed by atoms with van der Waals surface area (Å²) in [6.07, 6.45) is 3.90. The van der Waals surface area contributed by atoms with Crippen molar-refractivity contribution < 1.29 is 0 Å². The summed E-state index contributed by atoms with van der Waals surface area (Å²) in [6.45, 7) is 12.4. The van der Waals surface area contributed by atoms with Gasteiger partial charge in [0.25, 0.3) is 0 Å². The van der Waals surface area contributed by atoms with Gasteiger partial charge in [0.1, 0.15) is 0 Å². The van der Waals surface area contributed by atoms with Crippen LogP contribution in [0.25, 0.3) is 0 Å². The van der Waals surface area contributed by atoms with Crippen molar-refractivity contribution in [1.82, 2.24) is 5.32 Å². The van der Waals surface area contributed by atoms with Gasteiger partial charge in [-0.15, -0.1) is 0 Å². The number of benzene rings is 1. The predicted octanol–water partition coefficient (Wildman–Crippen LogP) is 4.96. The molecule has 1 aromatic rings. The van der Waals surface area contributed by atoms with Gasteiger partial charge >= 0.3 is 0 Å². The van der Waals surface area contributed by atoms with Gasteiger partial charge in [-0.05, 0) is 36.0 Å². The van der Waals surface area contributed by atoms with Crippen molar-refractivity contribution in [3.8, 4) is 0 Å². The van der Waals surface area contributed by atoms with Crippen molar-refractivity contribution >= 4 is 21.6 Å². The average Bonchev–Trinajstić information content (AvgIpc) is 2.46. The molecule has 0 radical (unpaired) electrons. The Bertz CT molecular complexity index is 462. The Morgan fingerprint density at radius 3 is 2.48 bits per heavy atom. The van der Waals surface area contributed by atoms with Crippen LogP contribution in [-0.4, -0.2) is 19.1 Å². The van der Waals surface area contributed by atoms with Crippen LogP contribution in [0.2, 0.25) is 0 Å². The summed E-state index contributed by atoms with van der Waals surface area (Å²) in [5.74, 6) is 0. The van der Waals surface area contributed by atoms with E-state index in [2.05, 4.69) is 72.0 Å². The van der Waals surface area contributed by atoms with Gasteiger partial charge in [0.2, 0.25) is 0 Å². The summed E-state index contributed by atoms with van der Waals surface area (Å²) in [5, 5.41) is 3.48.